The smallest absolute Gasteiger partial charge is 0.323 e. The molecule has 1 saturated heterocycles. The SMILES string of the molecule is COc1cc(/C=C/C(=O)N(CC(=O)O)C2CCOCC2)ccc1OC(C)C. The number of amides is 1. The summed E-state index contributed by atoms with van der Waals surface area (Å²) in [6.45, 7) is 4.61. The minimum atomic E-state index is -1.03. The van der Waals surface area contributed by atoms with Crippen LogP contribution in [0.1, 0.15) is 32.3 Å². The summed E-state index contributed by atoms with van der Waals surface area (Å²) in [5.74, 6) is -0.151. The lowest BCUT2D eigenvalue weighted by molar-refractivity contribution is -0.145. The van der Waals surface area contributed by atoms with E-state index in [2.05, 4.69) is 0 Å². The van der Waals surface area contributed by atoms with Gasteiger partial charge >= 0.3 is 5.97 Å². The van der Waals surface area contributed by atoms with Crippen molar-refractivity contribution in [1.82, 2.24) is 4.90 Å². The van der Waals surface area contributed by atoms with Crippen molar-refractivity contribution in [2.24, 2.45) is 0 Å². The maximum atomic E-state index is 12.6. The van der Waals surface area contributed by atoms with E-state index in [9.17, 15) is 9.59 Å². The van der Waals surface area contributed by atoms with Crippen LogP contribution in [0.5, 0.6) is 11.5 Å². The van der Waals surface area contributed by atoms with E-state index in [0.29, 0.717) is 37.6 Å². The van der Waals surface area contributed by atoms with Gasteiger partial charge in [-0.2, -0.15) is 0 Å². The first kappa shape index (κ1) is 20.8. The summed E-state index contributed by atoms with van der Waals surface area (Å²) in [4.78, 5) is 25.2. The topological polar surface area (TPSA) is 85.3 Å². The van der Waals surface area contributed by atoms with Gasteiger partial charge in [-0.15, -0.1) is 0 Å². The van der Waals surface area contributed by atoms with E-state index < -0.39 is 5.97 Å². The number of methoxy groups -OCH3 is 1. The number of carboxylic acids is 1. The van der Waals surface area contributed by atoms with E-state index in [1.54, 1.807) is 25.3 Å². The molecule has 1 aromatic carbocycles. The first-order valence-electron chi connectivity index (χ1n) is 9.03. The Hall–Kier alpha value is -2.54. The third-order valence-electron chi connectivity index (χ3n) is 4.19. The third-order valence-corrected chi connectivity index (χ3v) is 4.19. The molecule has 0 saturated carbocycles. The van der Waals surface area contributed by atoms with E-state index in [1.165, 1.54) is 11.0 Å². The van der Waals surface area contributed by atoms with E-state index in [1.807, 2.05) is 19.9 Å². The molecular formula is C20H27NO6. The summed E-state index contributed by atoms with van der Waals surface area (Å²) < 4.78 is 16.3. The zero-order valence-electron chi connectivity index (χ0n) is 16.0. The molecule has 0 spiro atoms. The number of rotatable bonds is 8. The molecule has 27 heavy (non-hydrogen) atoms. The summed E-state index contributed by atoms with van der Waals surface area (Å²) in [7, 11) is 1.56. The molecule has 1 amide bonds. The van der Waals surface area contributed by atoms with Crippen LogP contribution in [0.15, 0.2) is 24.3 Å². The number of aliphatic carboxylic acids is 1. The zero-order chi connectivity index (χ0) is 19.8. The molecule has 1 aromatic rings. The summed E-state index contributed by atoms with van der Waals surface area (Å²) in [6, 6.07) is 5.26. The molecule has 1 aliphatic heterocycles. The number of carbonyl (C=O) groups excluding carboxylic acids is 1. The second-order valence-electron chi connectivity index (χ2n) is 6.61. The Bertz CT molecular complexity index is 679. The number of benzene rings is 1. The molecule has 1 heterocycles. The van der Waals surface area contributed by atoms with Gasteiger partial charge in [-0.3, -0.25) is 9.59 Å². The molecule has 1 fully saturated rings. The average molecular weight is 377 g/mol. The fourth-order valence-electron chi connectivity index (χ4n) is 2.93. The summed E-state index contributed by atoms with van der Waals surface area (Å²) in [5, 5.41) is 9.14. The second kappa shape index (κ2) is 9.97. The third kappa shape index (κ3) is 6.29. The zero-order valence-corrected chi connectivity index (χ0v) is 16.0. The van der Waals surface area contributed by atoms with Gasteiger partial charge in [0.05, 0.1) is 13.2 Å². The largest absolute Gasteiger partial charge is 0.493 e. The predicted octanol–water partition coefficient (Wildman–Crippen LogP) is 2.59. The summed E-state index contributed by atoms with van der Waals surface area (Å²) >= 11 is 0. The van der Waals surface area contributed by atoms with E-state index >= 15 is 0 Å². The van der Waals surface area contributed by atoms with E-state index in [0.717, 1.165) is 5.56 Å². The van der Waals surface area contributed by atoms with Gasteiger partial charge in [-0.05, 0) is 50.5 Å². The lowest BCUT2D eigenvalue weighted by Crippen LogP contribution is -2.45. The van der Waals surface area contributed by atoms with Crippen LogP contribution < -0.4 is 9.47 Å². The Labute approximate surface area is 159 Å². The molecule has 0 aromatic heterocycles. The van der Waals surface area contributed by atoms with Crippen LogP contribution >= 0.6 is 0 Å². The standard InChI is InChI=1S/C20H27NO6/c1-14(2)27-17-6-4-15(12-18(17)25-3)5-7-19(22)21(13-20(23)24)16-8-10-26-11-9-16/h4-7,12,14,16H,8-11,13H2,1-3H3,(H,23,24)/b7-5+. The Morgan fingerprint density at radius 1 is 1.30 bits per heavy atom. The number of hydrogen-bond acceptors (Lipinski definition) is 5. The van der Waals surface area contributed by atoms with Crippen molar-refractivity contribution in [3.8, 4) is 11.5 Å². The summed E-state index contributed by atoms with van der Waals surface area (Å²) in [5.41, 5.74) is 0.763. The van der Waals surface area contributed by atoms with Crippen LogP contribution in [0.3, 0.4) is 0 Å². The predicted molar refractivity (Wildman–Crippen MR) is 101 cm³/mol. The number of carbonyl (C=O) groups is 2. The van der Waals surface area contributed by atoms with Crippen molar-refractivity contribution >= 4 is 18.0 Å². The second-order valence-corrected chi connectivity index (χ2v) is 6.61. The van der Waals surface area contributed by atoms with Gasteiger partial charge in [0.1, 0.15) is 6.54 Å². The molecule has 1 aliphatic rings. The minimum Gasteiger partial charge on any atom is -0.493 e. The maximum Gasteiger partial charge on any atom is 0.323 e. The van der Waals surface area contributed by atoms with Crippen molar-refractivity contribution in [3.05, 3.63) is 29.8 Å². The highest BCUT2D eigenvalue weighted by Gasteiger charge is 2.26. The van der Waals surface area contributed by atoms with Gasteiger partial charge in [-0.1, -0.05) is 6.07 Å². The maximum absolute atomic E-state index is 12.6. The van der Waals surface area contributed by atoms with Crippen LogP contribution in [0.4, 0.5) is 0 Å². The number of carboxylic acid groups (broad SMARTS) is 1. The Morgan fingerprint density at radius 3 is 2.59 bits per heavy atom. The van der Waals surface area contributed by atoms with Crippen LogP contribution in [-0.4, -0.2) is 60.9 Å². The van der Waals surface area contributed by atoms with Crippen molar-refractivity contribution in [3.63, 3.8) is 0 Å². The number of hydrogen-bond donors (Lipinski definition) is 1. The van der Waals surface area contributed by atoms with E-state index in [4.69, 9.17) is 19.3 Å². The van der Waals surface area contributed by atoms with Gasteiger partial charge in [-0.25, -0.2) is 0 Å². The highest BCUT2D eigenvalue weighted by Crippen LogP contribution is 2.29. The molecule has 7 nitrogen and oxygen atoms in total. The first-order chi connectivity index (χ1) is 12.9. The first-order valence-corrected chi connectivity index (χ1v) is 9.03. The molecule has 0 radical (unpaired) electrons. The van der Waals surface area contributed by atoms with Crippen molar-refractivity contribution in [2.75, 3.05) is 26.9 Å². The molecule has 0 aliphatic carbocycles. The quantitative estimate of drug-likeness (QED) is 0.701. The monoisotopic (exact) mass is 377 g/mol. The molecule has 1 N–H and O–H groups in total. The van der Waals surface area contributed by atoms with Crippen LogP contribution in [0.2, 0.25) is 0 Å². The van der Waals surface area contributed by atoms with Gasteiger partial charge < -0.3 is 24.2 Å². The Kier molecular flexibility index (Phi) is 7.67. The van der Waals surface area contributed by atoms with E-state index in [-0.39, 0.29) is 24.6 Å². The fourth-order valence-corrected chi connectivity index (χ4v) is 2.93. The number of nitrogens with zero attached hydrogens (tertiary/aromatic N) is 1. The molecular weight excluding hydrogens is 350 g/mol. The highest BCUT2D eigenvalue weighted by atomic mass is 16.5. The molecule has 7 heteroatoms. The molecule has 0 bridgehead atoms. The minimum absolute atomic E-state index is 0.0194. The van der Waals surface area contributed by atoms with Crippen molar-refractivity contribution in [1.29, 1.82) is 0 Å². The van der Waals surface area contributed by atoms with Crippen molar-refractivity contribution in [2.45, 2.75) is 38.8 Å². The van der Waals surface area contributed by atoms with Crippen LogP contribution in [-0.2, 0) is 14.3 Å². The van der Waals surface area contributed by atoms with Gasteiger partial charge in [0.2, 0.25) is 5.91 Å². The Balaban J connectivity index is 2.13. The van der Waals surface area contributed by atoms with Crippen LogP contribution in [0.25, 0.3) is 6.08 Å². The fraction of sp³-hybridized carbons (Fsp3) is 0.500. The van der Waals surface area contributed by atoms with Gasteiger partial charge in [0, 0.05) is 25.3 Å². The normalized spacial score (nSPS) is 15.1. The molecule has 2 rings (SSSR count). The lowest BCUT2D eigenvalue weighted by atomic mass is 10.1. The lowest BCUT2D eigenvalue weighted by Gasteiger charge is -2.32. The van der Waals surface area contributed by atoms with Crippen LogP contribution in [0, 0.1) is 0 Å². The highest BCUT2D eigenvalue weighted by molar-refractivity contribution is 5.93. The van der Waals surface area contributed by atoms with Gasteiger partial charge in [0.25, 0.3) is 0 Å². The molecule has 0 unspecified atom stereocenters. The molecule has 148 valence electrons. The molecule has 0 atom stereocenters. The number of ether oxygens (including phenoxy) is 3. The van der Waals surface area contributed by atoms with Gasteiger partial charge in [0.15, 0.2) is 11.5 Å². The summed E-state index contributed by atoms with van der Waals surface area (Å²) in [6.07, 6.45) is 4.35. The van der Waals surface area contributed by atoms with Crippen molar-refractivity contribution < 1.29 is 28.9 Å². The Morgan fingerprint density at radius 2 is 2.00 bits per heavy atom. The average Bonchev–Trinajstić information content (AvgIpc) is 2.65.